The van der Waals surface area contributed by atoms with E-state index in [0.29, 0.717) is 39.9 Å². The van der Waals surface area contributed by atoms with Crippen LogP contribution in [0.1, 0.15) is 31.8 Å². The number of pyridine rings is 1. The maximum atomic E-state index is 12.9. The minimum atomic E-state index is -0.277. The maximum absolute atomic E-state index is 12.9. The van der Waals surface area contributed by atoms with E-state index >= 15 is 0 Å². The Hall–Kier alpha value is -4.37. The molecule has 0 bridgehead atoms. The van der Waals surface area contributed by atoms with Crippen LogP contribution in [0.15, 0.2) is 84.8 Å². The van der Waals surface area contributed by atoms with E-state index in [1.165, 1.54) is 11.8 Å². The first kappa shape index (κ1) is 22.4. The number of carbonyl (C=O) groups is 3. The van der Waals surface area contributed by atoms with E-state index in [2.05, 4.69) is 27.1 Å². The van der Waals surface area contributed by atoms with Gasteiger partial charge in [0.1, 0.15) is 0 Å². The average molecular weight is 482 g/mol. The van der Waals surface area contributed by atoms with Crippen molar-refractivity contribution in [1.29, 1.82) is 0 Å². The van der Waals surface area contributed by atoms with Crippen molar-refractivity contribution in [3.8, 4) is 11.4 Å². The second kappa shape index (κ2) is 9.47. The Labute approximate surface area is 205 Å². The molecule has 2 aromatic heterocycles. The van der Waals surface area contributed by atoms with Crippen LogP contribution in [-0.4, -0.2) is 43.0 Å². The largest absolute Gasteiger partial charge is 0.325 e. The molecule has 2 heterocycles. The van der Waals surface area contributed by atoms with Crippen molar-refractivity contribution in [3.05, 3.63) is 102 Å². The van der Waals surface area contributed by atoms with Gasteiger partial charge in [0.25, 0.3) is 0 Å². The van der Waals surface area contributed by atoms with Crippen LogP contribution in [0.25, 0.3) is 11.4 Å². The highest BCUT2D eigenvalue weighted by Crippen LogP contribution is 2.29. The zero-order valence-electron chi connectivity index (χ0n) is 18.5. The molecule has 0 fully saturated rings. The van der Waals surface area contributed by atoms with Gasteiger partial charge in [-0.3, -0.25) is 23.9 Å². The number of ketones is 2. The number of hydrogen-bond acceptors (Lipinski definition) is 7. The number of aromatic nitrogens is 4. The molecular formula is C26H19N5O3S. The summed E-state index contributed by atoms with van der Waals surface area (Å²) in [6, 6.07) is 15.2. The normalized spacial score (nSPS) is 12.1. The first-order chi connectivity index (χ1) is 17.1. The molecule has 0 aliphatic heterocycles. The average Bonchev–Trinajstić information content (AvgIpc) is 3.29. The smallest absolute Gasteiger partial charge is 0.234 e. The Morgan fingerprint density at radius 1 is 0.971 bits per heavy atom. The highest BCUT2D eigenvalue weighted by atomic mass is 32.2. The van der Waals surface area contributed by atoms with Gasteiger partial charge in [-0.25, -0.2) is 0 Å². The van der Waals surface area contributed by atoms with Crippen molar-refractivity contribution in [1.82, 2.24) is 19.7 Å². The molecule has 0 unspecified atom stereocenters. The third-order valence-corrected chi connectivity index (χ3v) is 6.46. The van der Waals surface area contributed by atoms with Gasteiger partial charge >= 0.3 is 0 Å². The Bertz CT molecular complexity index is 1480. The molecule has 1 N–H and O–H groups in total. The second-order valence-electron chi connectivity index (χ2n) is 7.75. The Kier molecular flexibility index (Phi) is 6.07. The molecule has 1 amide bonds. The summed E-state index contributed by atoms with van der Waals surface area (Å²) in [7, 11) is 0. The van der Waals surface area contributed by atoms with Crippen LogP contribution >= 0.6 is 11.8 Å². The first-order valence-electron chi connectivity index (χ1n) is 10.8. The highest BCUT2D eigenvalue weighted by Gasteiger charge is 2.29. The standard InChI is InChI=1S/C26H19N5O3S/c1-2-12-31-25(16-6-5-11-27-14-16)29-30-26(31)35-15-22(32)28-17-9-10-20-21(13-17)24(34)19-8-4-3-7-18(19)23(20)33/h2-11,13-14H,1,12,15H2,(H,28,32). The summed E-state index contributed by atoms with van der Waals surface area (Å²) in [5.41, 5.74) is 2.64. The van der Waals surface area contributed by atoms with Crippen LogP contribution in [0.5, 0.6) is 0 Å². The van der Waals surface area contributed by atoms with Crippen molar-refractivity contribution < 1.29 is 14.4 Å². The first-order valence-corrected chi connectivity index (χ1v) is 11.7. The van der Waals surface area contributed by atoms with E-state index in [-0.39, 0.29) is 28.8 Å². The summed E-state index contributed by atoms with van der Waals surface area (Å²) in [6.07, 6.45) is 5.11. The third-order valence-electron chi connectivity index (χ3n) is 5.49. The van der Waals surface area contributed by atoms with Crippen LogP contribution in [0, 0.1) is 0 Å². The molecule has 1 aliphatic rings. The summed E-state index contributed by atoms with van der Waals surface area (Å²) in [5.74, 6) is 0.00516. The lowest BCUT2D eigenvalue weighted by Crippen LogP contribution is -2.21. The lowest BCUT2D eigenvalue weighted by Gasteiger charge is -2.18. The molecule has 5 rings (SSSR count). The summed E-state index contributed by atoms with van der Waals surface area (Å²) < 4.78 is 1.86. The number of rotatable bonds is 7. The van der Waals surface area contributed by atoms with E-state index in [9.17, 15) is 14.4 Å². The zero-order valence-corrected chi connectivity index (χ0v) is 19.3. The number of benzene rings is 2. The molecule has 8 nitrogen and oxygen atoms in total. The SMILES string of the molecule is C=CCn1c(SCC(=O)Nc2ccc3c(c2)C(=O)c2ccccc2C3=O)nnc1-c1cccnc1. The van der Waals surface area contributed by atoms with E-state index in [1.54, 1.807) is 60.9 Å². The van der Waals surface area contributed by atoms with E-state index in [0.717, 1.165) is 5.56 Å². The summed E-state index contributed by atoms with van der Waals surface area (Å²) in [5, 5.41) is 11.8. The highest BCUT2D eigenvalue weighted by molar-refractivity contribution is 7.99. The van der Waals surface area contributed by atoms with Crippen molar-refractivity contribution >= 4 is 34.9 Å². The molecule has 4 aromatic rings. The number of carbonyl (C=O) groups excluding carboxylic acids is 3. The van der Waals surface area contributed by atoms with Gasteiger partial charge in [0.2, 0.25) is 5.91 Å². The fourth-order valence-electron chi connectivity index (χ4n) is 3.90. The topological polar surface area (TPSA) is 107 Å². The van der Waals surface area contributed by atoms with Gasteiger partial charge in [-0.15, -0.1) is 16.8 Å². The molecule has 9 heteroatoms. The molecule has 0 atom stereocenters. The van der Waals surface area contributed by atoms with Crippen LogP contribution in [-0.2, 0) is 11.3 Å². The molecule has 0 saturated heterocycles. The zero-order chi connectivity index (χ0) is 24.4. The number of amides is 1. The lowest BCUT2D eigenvalue weighted by atomic mass is 9.84. The molecule has 0 spiro atoms. The molecule has 2 aromatic carbocycles. The fourth-order valence-corrected chi connectivity index (χ4v) is 4.65. The Morgan fingerprint density at radius 3 is 2.43 bits per heavy atom. The van der Waals surface area contributed by atoms with Gasteiger partial charge in [-0.05, 0) is 30.3 Å². The number of allylic oxidation sites excluding steroid dienone is 1. The lowest BCUT2D eigenvalue weighted by molar-refractivity contribution is -0.113. The molecule has 35 heavy (non-hydrogen) atoms. The monoisotopic (exact) mass is 481 g/mol. The number of thioether (sulfide) groups is 1. The number of anilines is 1. The van der Waals surface area contributed by atoms with Crippen molar-refractivity contribution in [2.24, 2.45) is 0 Å². The second-order valence-corrected chi connectivity index (χ2v) is 8.69. The van der Waals surface area contributed by atoms with Gasteiger partial charge in [0, 0.05) is 52.4 Å². The number of hydrogen-bond donors (Lipinski definition) is 1. The van der Waals surface area contributed by atoms with Crippen molar-refractivity contribution in [3.63, 3.8) is 0 Å². The maximum Gasteiger partial charge on any atom is 0.234 e. The predicted octanol–water partition coefficient (Wildman–Crippen LogP) is 4.03. The van der Waals surface area contributed by atoms with Crippen LogP contribution in [0.2, 0.25) is 0 Å². The van der Waals surface area contributed by atoms with Gasteiger partial charge in [0.15, 0.2) is 22.5 Å². The number of fused-ring (bicyclic) bond motifs is 2. The molecule has 172 valence electrons. The summed E-state index contributed by atoms with van der Waals surface area (Å²) in [4.78, 5) is 42.5. The molecule has 0 saturated carbocycles. The van der Waals surface area contributed by atoms with E-state index in [4.69, 9.17) is 0 Å². The summed E-state index contributed by atoms with van der Waals surface area (Å²) in [6.45, 7) is 4.27. The summed E-state index contributed by atoms with van der Waals surface area (Å²) >= 11 is 1.24. The van der Waals surface area contributed by atoms with Gasteiger partial charge in [-0.2, -0.15) is 0 Å². The molecule has 1 aliphatic carbocycles. The van der Waals surface area contributed by atoms with Crippen LogP contribution in [0.4, 0.5) is 5.69 Å². The minimum absolute atomic E-state index is 0.0785. The van der Waals surface area contributed by atoms with Gasteiger partial charge < -0.3 is 5.32 Å². The van der Waals surface area contributed by atoms with Crippen molar-refractivity contribution in [2.45, 2.75) is 11.7 Å². The Morgan fingerprint density at radius 2 is 1.71 bits per heavy atom. The van der Waals surface area contributed by atoms with Gasteiger partial charge in [-0.1, -0.05) is 42.1 Å². The predicted molar refractivity (Wildman–Crippen MR) is 133 cm³/mol. The van der Waals surface area contributed by atoms with Crippen LogP contribution < -0.4 is 5.32 Å². The van der Waals surface area contributed by atoms with Crippen LogP contribution in [0.3, 0.4) is 0 Å². The number of nitrogens with one attached hydrogen (secondary N) is 1. The molecule has 0 radical (unpaired) electrons. The quantitative estimate of drug-likeness (QED) is 0.276. The van der Waals surface area contributed by atoms with E-state index < -0.39 is 0 Å². The molecular weight excluding hydrogens is 462 g/mol. The van der Waals surface area contributed by atoms with Crippen molar-refractivity contribution in [2.75, 3.05) is 11.1 Å². The Balaban J connectivity index is 1.31. The minimum Gasteiger partial charge on any atom is -0.325 e. The fraction of sp³-hybridized carbons (Fsp3) is 0.0769. The third kappa shape index (κ3) is 4.29. The van der Waals surface area contributed by atoms with Gasteiger partial charge in [0.05, 0.1) is 5.75 Å². The number of nitrogens with zero attached hydrogens (tertiary/aromatic N) is 4. The van der Waals surface area contributed by atoms with E-state index in [1.807, 2.05) is 16.7 Å².